The Morgan fingerprint density at radius 1 is 0.971 bits per heavy atom. The van der Waals surface area contributed by atoms with Gasteiger partial charge >= 0.3 is 0 Å². The summed E-state index contributed by atoms with van der Waals surface area (Å²) in [7, 11) is -3.71. The highest BCUT2D eigenvalue weighted by molar-refractivity contribution is 7.89. The van der Waals surface area contributed by atoms with Crippen LogP contribution >= 0.6 is 11.3 Å². The summed E-state index contributed by atoms with van der Waals surface area (Å²) in [6, 6.07) is 12.7. The first-order valence-electron chi connectivity index (χ1n) is 11.1. The van der Waals surface area contributed by atoms with Gasteiger partial charge in [0.2, 0.25) is 10.0 Å². The Bertz CT molecular complexity index is 1300. The van der Waals surface area contributed by atoms with Crippen LogP contribution in [0.5, 0.6) is 11.5 Å². The molecule has 2 aliphatic rings. The number of carbonyl (C=O) groups excluding carboxylic acids is 1. The summed E-state index contributed by atoms with van der Waals surface area (Å²) in [5.41, 5.74) is 2.52. The third kappa shape index (κ3) is 4.53. The maximum absolute atomic E-state index is 13.2. The largest absolute Gasteiger partial charge is 0.490 e. The Balaban J connectivity index is 1.25. The predicted octanol–water partition coefficient (Wildman–Crippen LogP) is 3.43. The number of benzene rings is 2. The molecule has 3 heterocycles. The van der Waals surface area contributed by atoms with Gasteiger partial charge in [0.25, 0.3) is 5.91 Å². The van der Waals surface area contributed by atoms with Gasteiger partial charge in [-0.25, -0.2) is 13.4 Å². The van der Waals surface area contributed by atoms with Gasteiger partial charge in [-0.3, -0.25) is 4.79 Å². The van der Waals surface area contributed by atoms with E-state index in [9.17, 15) is 13.2 Å². The van der Waals surface area contributed by atoms with Gasteiger partial charge in [-0.1, -0.05) is 29.8 Å². The van der Waals surface area contributed by atoms with Crippen LogP contribution in [0.15, 0.2) is 52.7 Å². The smallest absolute Gasteiger partial charge is 0.273 e. The van der Waals surface area contributed by atoms with Crippen LogP contribution in [0.25, 0.3) is 10.6 Å². The zero-order valence-corrected chi connectivity index (χ0v) is 20.4. The van der Waals surface area contributed by atoms with Gasteiger partial charge in [-0.2, -0.15) is 4.31 Å². The molecule has 0 unspecified atom stereocenters. The molecule has 0 spiro atoms. The van der Waals surface area contributed by atoms with Crippen LogP contribution in [0.2, 0.25) is 0 Å². The molecule has 2 aliphatic heterocycles. The van der Waals surface area contributed by atoms with Crippen LogP contribution in [0, 0.1) is 6.92 Å². The summed E-state index contributed by atoms with van der Waals surface area (Å²) in [5, 5.41) is 2.55. The van der Waals surface area contributed by atoms with Gasteiger partial charge in [-0.15, -0.1) is 11.3 Å². The molecule has 1 saturated heterocycles. The summed E-state index contributed by atoms with van der Waals surface area (Å²) in [4.78, 5) is 19.3. The molecule has 0 aliphatic carbocycles. The van der Waals surface area contributed by atoms with E-state index in [-0.39, 0.29) is 23.9 Å². The van der Waals surface area contributed by atoms with Crippen molar-refractivity contribution in [3.63, 3.8) is 0 Å². The van der Waals surface area contributed by atoms with Crippen molar-refractivity contribution in [1.29, 1.82) is 0 Å². The third-order valence-corrected chi connectivity index (χ3v) is 8.69. The first-order chi connectivity index (χ1) is 16.4. The number of aromatic nitrogens is 1. The summed E-state index contributed by atoms with van der Waals surface area (Å²) in [6.07, 6.45) is 0.748. The molecule has 0 radical (unpaired) electrons. The Morgan fingerprint density at radius 3 is 2.41 bits per heavy atom. The fourth-order valence-electron chi connectivity index (χ4n) is 3.95. The molecular formula is C24H25N3O5S2. The standard InChI is InChI=1S/C24H25N3O5S2/c1-17-3-5-18(6-4-17)23-25-20(16-33-23)24(28)26-9-11-27(12-10-26)34(29,30)19-7-8-21-22(15-19)32-14-2-13-31-21/h3-8,15-16H,2,9-14H2,1H3. The van der Waals surface area contributed by atoms with Gasteiger partial charge < -0.3 is 14.4 Å². The molecule has 3 aromatic rings. The maximum Gasteiger partial charge on any atom is 0.273 e. The highest BCUT2D eigenvalue weighted by Gasteiger charge is 2.32. The molecule has 10 heteroatoms. The second kappa shape index (κ2) is 9.36. The summed E-state index contributed by atoms with van der Waals surface area (Å²) >= 11 is 1.43. The normalized spacial score (nSPS) is 16.8. The van der Waals surface area contributed by atoms with Crippen LogP contribution < -0.4 is 9.47 Å². The van der Waals surface area contributed by atoms with Gasteiger partial charge in [0.05, 0.1) is 18.1 Å². The molecule has 0 atom stereocenters. The van der Waals surface area contributed by atoms with E-state index in [0.717, 1.165) is 22.6 Å². The molecule has 0 saturated carbocycles. The number of carbonyl (C=O) groups is 1. The molecule has 1 amide bonds. The highest BCUT2D eigenvalue weighted by Crippen LogP contribution is 2.33. The van der Waals surface area contributed by atoms with Crippen molar-refractivity contribution >= 4 is 27.3 Å². The number of rotatable bonds is 4. The number of piperazine rings is 1. The average molecular weight is 500 g/mol. The molecule has 8 nitrogen and oxygen atoms in total. The van der Waals surface area contributed by atoms with E-state index >= 15 is 0 Å². The lowest BCUT2D eigenvalue weighted by Gasteiger charge is -2.33. The molecule has 34 heavy (non-hydrogen) atoms. The zero-order valence-electron chi connectivity index (χ0n) is 18.8. The fourth-order valence-corrected chi connectivity index (χ4v) is 6.19. The fraction of sp³-hybridized carbons (Fsp3) is 0.333. The summed E-state index contributed by atoms with van der Waals surface area (Å²) < 4.78 is 39.1. The van der Waals surface area contributed by atoms with E-state index in [0.29, 0.717) is 43.5 Å². The van der Waals surface area contributed by atoms with Crippen molar-refractivity contribution in [3.05, 3.63) is 59.1 Å². The first-order valence-corrected chi connectivity index (χ1v) is 13.5. The van der Waals surface area contributed by atoms with E-state index in [4.69, 9.17) is 9.47 Å². The Labute approximate surface area is 202 Å². The second-order valence-corrected chi connectivity index (χ2v) is 11.1. The number of nitrogens with zero attached hydrogens (tertiary/aromatic N) is 3. The topological polar surface area (TPSA) is 89.0 Å². The van der Waals surface area contributed by atoms with Gasteiger partial charge in [0.1, 0.15) is 10.7 Å². The van der Waals surface area contributed by atoms with Gasteiger partial charge in [-0.05, 0) is 19.1 Å². The van der Waals surface area contributed by atoms with E-state index in [2.05, 4.69) is 4.98 Å². The molecule has 1 fully saturated rings. The summed E-state index contributed by atoms with van der Waals surface area (Å²) in [5.74, 6) is 0.822. The predicted molar refractivity (Wildman–Crippen MR) is 129 cm³/mol. The van der Waals surface area contributed by atoms with Crippen molar-refractivity contribution in [3.8, 4) is 22.1 Å². The van der Waals surface area contributed by atoms with Crippen LogP contribution in [-0.4, -0.2) is 67.9 Å². The molecule has 0 bridgehead atoms. The molecule has 0 N–H and O–H groups in total. The lowest BCUT2D eigenvalue weighted by molar-refractivity contribution is 0.0693. The van der Waals surface area contributed by atoms with E-state index < -0.39 is 10.0 Å². The number of ether oxygens (including phenoxy) is 2. The number of fused-ring (bicyclic) bond motifs is 1. The maximum atomic E-state index is 13.2. The SMILES string of the molecule is Cc1ccc(-c2nc(C(=O)N3CCN(S(=O)(=O)c4ccc5c(c4)OCCCO5)CC3)cs2)cc1. The molecule has 178 valence electrons. The second-order valence-electron chi connectivity index (χ2n) is 8.26. The number of sulfonamides is 1. The van der Waals surface area contributed by atoms with Crippen molar-refractivity contribution in [1.82, 2.24) is 14.2 Å². The van der Waals surface area contributed by atoms with Crippen molar-refractivity contribution in [2.75, 3.05) is 39.4 Å². The lowest BCUT2D eigenvalue weighted by Crippen LogP contribution is -2.50. The van der Waals surface area contributed by atoms with Gasteiger partial charge in [0, 0.05) is 49.6 Å². The average Bonchev–Trinajstić information content (AvgIpc) is 3.22. The van der Waals surface area contributed by atoms with Crippen LogP contribution in [0.1, 0.15) is 22.5 Å². The first kappa shape index (κ1) is 22.8. The van der Waals surface area contributed by atoms with E-state index in [1.807, 2.05) is 31.2 Å². The minimum absolute atomic E-state index is 0.166. The summed E-state index contributed by atoms with van der Waals surface area (Å²) in [6.45, 7) is 4.10. The van der Waals surface area contributed by atoms with Crippen molar-refractivity contribution < 1.29 is 22.7 Å². The van der Waals surface area contributed by atoms with Crippen molar-refractivity contribution in [2.24, 2.45) is 0 Å². The molecule has 1 aromatic heterocycles. The zero-order chi connectivity index (χ0) is 23.7. The monoisotopic (exact) mass is 499 g/mol. The third-order valence-electron chi connectivity index (χ3n) is 5.90. The minimum Gasteiger partial charge on any atom is -0.490 e. The van der Waals surface area contributed by atoms with E-state index in [1.54, 1.807) is 22.4 Å². The Morgan fingerprint density at radius 2 is 1.68 bits per heavy atom. The number of hydrogen-bond acceptors (Lipinski definition) is 7. The quantitative estimate of drug-likeness (QED) is 0.547. The van der Waals surface area contributed by atoms with Crippen molar-refractivity contribution in [2.45, 2.75) is 18.2 Å². The van der Waals surface area contributed by atoms with E-state index in [1.165, 1.54) is 21.7 Å². The van der Waals surface area contributed by atoms with Crippen LogP contribution in [0.3, 0.4) is 0 Å². The van der Waals surface area contributed by atoms with Crippen LogP contribution in [0.4, 0.5) is 0 Å². The highest BCUT2D eigenvalue weighted by atomic mass is 32.2. The number of thiazole rings is 1. The minimum atomic E-state index is -3.71. The number of amides is 1. The molecule has 5 rings (SSSR count). The molecule has 2 aromatic carbocycles. The van der Waals surface area contributed by atoms with Gasteiger partial charge in [0.15, 0.2) is 11.5 Å². The lowest BCUT2D eigenvalue weighted by atomic mass is 10.2. The van der Waals surface area contributed by atoms with Crippen LogP contribution in [-0.2, 0) is 10.0 Å². The number of aryl methyl sites for hydroxylation is 1. The molecular weight excluding hydrogens is 474 g/mol. The Kier molecular flexibility index (Phi) is 6.28. The number of hydrogen-bond donors (Lipinski definition) is 0. The Hall–Kier alpha value is -2.95.